The molecular weight excluding hydrogens is 587 g/mol. The quantitative estimate of drug-likeness (QED) is 0.273. The van der Waals surface area contributed by atoms with E-state index in [1.54, 1.807) is 56.1 Å². The van der Waals surface area contributed by atoms with E-state index in [1.807, 2.05) is 20.8 Å². The number of hydrogen-bond donors (Lipinski definition) is 2. The lowest BCUT2D eigenvalue weighted by Gasteiger charge is -2.35. The molecule has 3 heterocycles. The molecule has 0 spiro atoms. The summed E-state index contributed by atoms with van der Waals surface area (Å²) in [5.74, 6) is 0.225. The molecule has 0 atom stereocenters. The second-order valence-corrected chi connectivity index (χ2v) is 15.5. The lowest BCUT2D eigenvalue weighted by atomic mass is 10.1. The third-order valence-corrected chi connectivity index (χ3v) is 9.88. The van der Waals surface area contributed by atoms with E-state index >= 15 is 0 Å². The molecule has 44 heavy (non-hydrogen) atoms. The number of piperazine rings is 1. The Morgan fingerprint density at radius 3 is 2.43 bits per heavy atom. The number of aromatic amines is 1. The standard InChI is InChI=1S/C31H39FN6O5S/c1-30(2,3)43-29(39)38-13-11-37(12-14-38)15-16-42-26-19-25-21(18-27(26)44(40,41)31(4,5)6)23(9-10-33-25)34-28-22-17-20(32)7-8-24(22)35-36-28/h7-10,17-19H,11-16H2,1-6H3,(H2,33,34,35,36). The predicted octanol–water partition coefficient (Wildman–Crippen LogP) is 5.50. The monoisotopic (exact) mass is 626 g/mol. The first kappa shape index (κ1) is 31.5. The molecule has 2 aromatic carbocycles. The number of hydrogen-bond acceptors (Lipinski definition) is 9. The minimum atomic E-state index is -3.83. The van der Waals surface area contributed by atoms with Gasteiger partial charge in [-0.1, -0.05) is 0 Å². The molecule has 1 amide bonds. The first-order valence-corrected chi connectivity index (χ1v) is 16.0. The van der Waals surface area contributed by atoms with Crippen molar-refractivity contribution in [2.45, 2.75) is 56.8 Å². The summed E-state index contributed by atoms with van der Waals surface area (Å²) in [5.41, 5.74) is 1.19. The number of carbonyl (C=O) groups excluding carboxylic acids is 1. The maximum absolute atomic E-state index is 14.0. The van der Waals surface area contributed by atoms with Crippen molar-refractivity contribution in [3.8, 4) is 5.75 Å². The van der Waals surface area contributed by atoms with E-state index in [1.165, 1.54) is 12.1 Å². The third-order valence-electron chi connectivity index (χ3n) is 7.37. The molecule has 0 radical (unpaired) electrons. The first-order valence-electron chi connectivity index (χ1n) is 14.5. The molecular formula is C31H39FN6O5S. The van der Waals surface area contributed by atoms with Crippen molar-refractivity contribution in [1.82, 2.24) is 25.0 Å². The minimum absolute atomic E-state index is 0.0567. The highest BCUT2D eigenvalue weighted by molar-refractivity contribution is 7.92. The highest BCUT2D eigenvalue weighted by Gasteiger charge is 2.34. The van der Waals surface area contributed by atoms with E-state index in [0.29, 0.717) is 66.0 Å². The topological polar surface area (TPSA) is 130 Å². The van der Waals surface area contributed by atoms with Crippen LogP contribution in [-0.4, -0.2) is 89.2 Å². The van der Waals surface area contributed by atoms with Crippen LogP contribution in [0.3, 0.4) is 0 Å². The van der Waals surface area contributed by atoms with Gasteiger partial charge in [0.15, 0.2) is 15.7 Å². The Balaban J connectivity index is 1.37. The average Bonchev–Trinajstić information content (AvgIpc) is 3.33. The third kappa shape index (κ3) is 6.73. The molecule has 0 bridgehead atoms. The maximum atomic E-state index is 14.0. The van der Waals surface area contributed by atoms with Crippen LogP contribution in [-0.2, 0) is 14.6 Å². The van der Waals surface area contributed by atoms with Gasteiger partial charge in [-0.25, -0.2) is 17.6 Å². The molecule has 0 unspecified atom stereocenters. The minimum Gasteiger partial charge on any atom is -0.491 e. The molecule has 11 nitrogen and oxygen atoms in total. The highest BCUT2D eigenvalue weighted by Crippen LogP contribution is 2.38. The molecule has 236 valence electrons. The van der Waals surface area contributed by atoms with Crippen molar-refractivity contribution in [1.29, 1.82) is 0 Å². The normalized spacial score (nSPS) is 15.1. The lowest BCUT2D eigenvalue weighted by Crippen LogP contribution is -2.50. The number of aromatic nitrogens is 3. The van der Waals surface area contributed by atoms with E-state index in [0.717, 1.165) is 0 Å². The van der Waals surface area contributed by atoms with E-state index < -0.39 is 26.0 Å². The summed E-state index contributed by atoms with van der Waals surface area (Å²) in [6, 6.07) is 9.27. The Morgan fingerprint density at radius 1 is 1.02 bits per heavy atom. The number of H-pyrrole nitrogens is 1. The molecule has 1 aliphatic heterocycles. The van der Waals surface area contributed by atoms with Crippen LogP contribution in [0.4, 0.5) is 20.7 Å². The first-order chi connectivity index (χ1) is 20.6. The van der Waals surface area contributed by atoms with Crippen molar-refractivity contribution >= 4 is 49.2 Å². The summed E-state index contributed by atoms with van der Waals surface area (Å²) < 4.78 is 52.1. The predicted molar refractivity (Wildman–Crippen MR) is 168 cm³/mol. The maximum Gasteiger partial charge on any atom is 0.410 e. The number of anilines is 2. The fourth-order valence-corrected chi connectivity index (χ4v) is 6.21. The second-order valence-electron chi connectivity index (χ2n) is 12.8. The van der Waals surface area contributed by atoms with Gasteiger partial charge in [0.2, 0.25) is 0 Å². The van der Waals surface area contributed by atoms with E-state index in [-0.39, 0.29) is 23.3 Å². The van der Waals surface area contributed by atoms with Gasteiger partial charge in [-0.15, -0.1) is 0 Å². The van der Waals surface area contributed by atoms with Crippen molar-refractivity contribution in [2.75, 3.05) is 44.6 Å². The Hall–Kier alpha value is -3.97. The van der Waals surface area contributed by atoms with Crippen LogP contribution in [0.25, 0.3) is 21.8 Å². The molecule has 1 saturated heterocycles. The smallest absolute Gasteiger partial charge is 0.410 e. The van der Waals surface area contributed by atoms with Crippen LogP contribution in [0.2, 0.25) is 0 Å². The average molecular weight is 627 g/mol. The van der Waals surface area contributed by atoms with E-state index in [9.17, 15) is 17.6 Å². The number of carbonyl (C=O) groups is 1. The molecule has 0 saturated carbocycles. The molecule has 1 fully saturated rings. The summed E-state index contributed by atoms with van der Waals surface area (Å²) in [5, 5.41) is 11.5. The van der Waals surface area contributed by atoms with Crippen molar-refractivity contribution in [2.24, 2.45) is 0 Å². The molecule has 2 N–H and O–H groups in total. The SMILES string of the molecule is CC(C)(C)OC(=O)N1CCN(CCOc2cc3nccc(Nc4n[nH]c5ccc(F)cc45)c3cc2S(=O)(=O)C(C)(C)C)CC1. The summed E-state index contributed by atoms with van der Waals surface area (Å²) in [6.07, 6.45) is 1.28. The number of pyridine rings is 1. The van der Waals surface area contributed by atoms with Crippen LogP contribution in [0.15, 0.2) is 47.5 Å². The van der Waals surface area contributed by atoms with Gasteiger partial charge in [-0.05, 0) is 71.9 Å². The second kappa shape index (κ2) is 11.8. The van der Waals surface area contributed by atoms with Gasteiger partial charge in [0, 0.05) is 55.8 Å². The fourth-order valence-electron chi connectivity index (χ4n) is 4.89. The van der Waals surface area contributed by atoms with E-state index in [2.05, 4.69) is 25.4 Å². The van der Waals surface area contributed by atoms with Crippen molar-refractivity contribution in [3.63, 3.8) is 0 Å². The molecule has 1 aliphatic rings. The zero-order chi connectivity index (χ0) is 31.9. The number of sulfone groups is 1. The largest absolute Gasteiger partial charge is 0.491 e. The number of benzene rings is 2. The van der Waals surface area contributed by atoms with Gasteiger partial charge in [0.1, 0.15) is 28.7 Å². The van der Waals surface area contributed by atoms with Crippen LogP contribution < -0.4 is 10.1 Å². The number of fused-ring (bicyclic) bond motifs is 2. The van der Waals surface area contributed by atoms with E-state index in [4.69, 9.17) is 9.47 Å². The molecule has 4 aromatic rings. The van der Waals surface area contributed by atoms with Gasteiger partial charge in [0.05, 0.1) is 21.5 Å². The van der Waals surface area contributed by atoms with Crippen LogP contribution in [0.5, 0.6) is 5.75 Å². The Morgan fingerprint density at radius 2 is 1.75 bits per heavy atom. The summed E-state index contributed by atoms with van der Waals surface area (Å²) in [4.78, 5) is 20.8. The molecule has 2 aromatic heterocycles. The number of nitrogens with one attached hydrogen (secondary N) is 2. The zero-order valence-electron chi connectivity index (χ0n) is 25.9. The van der Waals surface area contributed by atoms with Crippen molar-refractivity contribution in [3.05, 3.63) is 48.4 Å². The molecule has 13 heteroatoms. The van der Waals surface area contributed by atoms with Crippen molar-refractivity contribution < 1.29 is 27.1 Å². The highest BCUT2D eigenvalue weighted by atomic mass is 32.2. The van der Waals surface area contributed by atoms with Crippen LogP contribution in [0, 0.1) is 5.82 Å². The molecule has 5 rings (SSSR count). The number of halogens is 1. The van der Waals surface area contributed by atoms with Gasteiger partial charge in [-0.2, -0.15) is 5.10 Å². The van der Waals surface area contributed by atoms with Gasteiger partial charge < -0.3 is 19.7 Å². The summed E-state index contributed by atoms with van der Waals surface area (Å²) in [6.45, 7) is 13.6. The molecule has 0 aliphatic carbocycles. The van der Waals surface area contributed by atoms with Gasteiger partial charge >= 0.3 is 6.09 Å². The number of nitrogens with zero attached hydrogens (tertiary/aromatic N) is 4. The van der Waals surface area contributed by atoms with Crippen LogP contribution >= 0.6 is 0 Å². The number of rotatable bonds is 7. The summed E-state index contributed by atoms with van der Waals surface area (Å²) >= 11 is 0. The number of amides is 1. The Labute approximate surface area is 256 Å². The zero-order valence-corrected chi connectivity index (χ0v) is 26.7. The fraction of sp³-hybridized carbons (Fsp3) is 0.452. The number of ether oxygens (including phenoxy) is 2. The van der Waals surface area contributed by atoms with Crippen LogP contribution in [0.1, 0.15) is 41.5 Å². The Kier molecular flexibility index (Phi) is 8.47. The lowest BCUT2D eigenvalue weighted by molar-refractivity contribution is 0.0136. The van der Waals surface area contributed by atoms with Gasteiger partial charge in [0.25, 0.3) is 0 Å². The van der Waals surface area contributed by atoms with Gasteiger partial charge in [-0.3, -0.25) is 15.0 Å². The summed E-state index contributed by atoms with van der Waals surface area (Å²) in [7, 11) is -3.83. The Bertz CT molecular complexity index is 1790.